The Balaban J connectivity index is 1.76. The quantitative estimate of drug-likeness (QED) is 0.880. The van der Waals surface area contributed by atoms with Gasteiger partial charge in [0.05, 0.1) is 0 Å². The number of pyridine rings is 1. The molecule has 0 bridgehead atoms. The number of rotatable bonds is 6. The highest BCUT2D eigenvalue weighted by Gasteiger charge is 2.30. The van der Waals surface area contributed by atoms with Crippen molar-refractivity contribution in [1.29, 1.82) is 0 Å². The zero-order valence-corrected chi connectivity index (χ0v) is 11.8. The third-order valence-electron chi connectivity index (χ3n) is 3.46. The third kappa shape index (κ3) is 3.14. The second kappa shape index (κ2) is 5.72. The van der Waals surface area contributed by atoms with E-state index < -0.39 is 0 Å². The van der Waals surface area contributed by atoms with Crippen LogP contribution in [0.15, 0.2) is 35.2 Å². The molecule has 2 aromatic heterocycles. The SMILES string of the molecule is NCCc1ccc(N(Cc2ccsc2)C2CC2)nc1. The fourth-order valence-electron chi connectivity index (χ4n) is 2.26. The van der Waals surface area contributed by atoms with Crippen LogP contribution >= 0.6 is 11.3 Å². The minimum absolute atomic E-state index is 0.674. The van der Waals surface area contributed by atoms with Crippen LogP contribution in [0.5, 0.6) is 0 Å². The fourth-order valence-corrected chi connectivity index (χ4v) is 2.92. The van der Waals surface area contributed by atoms with E-state index in [1.807, 2.05) is 6.20 Å². The predicted octanol–water partition coefficient (Wildman–Crippen LogP) is 2.81. The van der Waals surface area contributed by atoms with Gasteiger partial charge >= 0.3 is 0 Å². The van der Waals surface area contributed by atoms with Gasteiger partial charge in [-0.3, -0.25) is 0 Å². The molecule has 0 saturated heterocycles. The average molecular weight is 273 g/mol. The average Bonchev–Trinajstić information content (AvgIpc) is 3.15. The van der Waals surface area contributed by atoms with E-state index in [1.165, 1.54) is 24.0 Å². The standard InChI is InChI=1S/C15H19N3S/c16-7-5-12-1-4-15(17-9-12)18(14-2-3-14)10-13-6-8-19-11-13/h1,4,6,8-9,11,14H,2-3,5,7,10,16H2. The maximum Gasteiger partial charge on any atom is 0.129 e. The smallest absolute Gasteiger partial charge is 0.129 e. The highest BCUT2D eigenvalue weighted by molar-refractivity contribution is 7.07. The molecule has 0 atom stereocenters. The van der Waals surface area contributed by atoms with Crippen LogP contribution < -0.4 is 10.6 Å². The lowest BCUT2D eigenvalue weighted by Crippen LogP contribution is -2.25. The molecule has 0 spiro atoms. The van der Waals surface area contributed by atoms with E-state index in [2.05, 4.69) is 38.8 Å². The van der Waals surface area contributed by atoms with Gasteiger partial charge < -0.3 is 10.6 Å². The summed E-state index contributed by atoms with van der Waals surface area (Å²) in [5.41, 5.74) is 8.17. The Morgan fingerprint density at radius 2 is 2.16 bits per heavy atom. The van der Waals surface area contributed by atoms with Crippen LogP contribution in [-0.4, -0.2) is 17.6 Å². The topological polar surface area (TPSA) is 42.1 Å². The van der Waals surface area contributed by atoms with E-state index >= 15 is 0 Å². The molecular formula is C15H19N3S. The Morgan fingerprint density at radius 1 is 1.26 bits per heavy atom. The molecule has 1 fully saturated rings. The van der Waals surface area contributed by atoms with E-state index in [-0.39, 0.29) is 0 Å². The zero-order valence-electron chi connectivity index (χ0n) is 11.0. The van der Waals surface area contributed by atoms with Crippen molar-refractivity contribution in [3.63, 3.8) is 0 Å². The number of nitrogens with zero attached hydrogens (tertiary/aromatic N) is 2. The van der Waals surface area contributed by atoms with Gasteiger partial charge in [0, 0.05) is 18.8 Å². The molecular weight excluding hydrogens is 254 g/mol. The molecule has 2 heterocycles. The van der Waals surface area contributed by atoms with Crippen molar-refractivity contribution in [1.82, 2.24) is 4.98 Å². The maximum absolute atomic E-state index is 5.57. The summed E-state index contributed by atoms with van der Waals surface area (Å²) in [4.78, 5) is 7.04. The summed E-state index contributed by atoms with van der Waals surface area (Å²) < 4.78 is 0. The number of nitrogens with two attached hydrogens (primary N) is 1. The molecule has 2 aromatic rings. The molecule has 1 aliphatic rings. The van der Waals surface area contributed by atoms with Crippen LogP contribution in [0.25, 0.3) is 0 Å². The van der Waals surface area contributed by atoms with Crippen LogP contribution in [0, 0.1) is 0 Å². The number of hydrogen-bond acceptors (Lipinski definition) is 4. The predicted molar refractivity (Wildman–Crippen MR) is 80.5 cm³/mol. The molecule has 1 aliphatic carbocycles. The van der Waals surface area contributed by atoms with Crippen LogP contribution in [0.2, 0.25) is 0 Å². The normalized spacial score (nSPS) is 14.6. The van der Waals surface area contributed by atoms with Crippen molar-refractivity contribution in [2.24, 2.45) is 5.73 Å². The van der Waals surface area contributed by atoms with E-state index in [0.29, 0.717) is 12.6 Å². The Labute approximate surface area is 118 Å². The number of anilines is 1. The van der Waals surface area contributed by atoms with Crippen LogP contribution in [-0.2, 0) is 13.0 Å². The van der Waals surface area contributed by atoms with Gasteiger partial charge in [0.2, 0.25) is 0 Å². The zero-order chi connectivity index (χ0) is 13.1. The van der Waals surface area contributed by atoms with Crippen molar-refractivity contribution in [3.05, 3.63) is 46.3 Å². The number of aromatic nitrogens is 1. The summed E-state index contributed by atoms with van der Waals surface area (Å²) in [7, 11) is 0. The van der Waals surface area contributed by atoms with E-state index in [1.54, 1.807) is 11.3 Å². The molecule has 3 nitrogen and oxygen atoms in total. The maximum atomic E-state index is 5.57. The van der Waals surface area contributed by atoms with Gasteiger partial charge in [-0.1, -0.05) is 6.07 Å². The Morgan fingerprint density at radius 3 is 2.74 bits per heavy atom. The van der Waals surface area contributed by atoms with E-state index in [0.717, 1.165) is 18.8 Å². The van der Waals surface area contributed by atoms with Gasteiger partial charge in [0.1, 0.15) is 5.82 Å². The van der Waals surface area contributed by atoms with Crippen LogP contribution in [0.1, 0.15) is 24.0 Å². The summed E-state index contributed by atoms with van der Waals surface area (Å²) >= 11 is 1.76. The lowest BCUT2D eigenvalue weighted by molar-refractivity contribution is 0.778. The highest BCUT2D eigenvalue weighted by Crippen LogP contribution is 2.32. The van der Waals surface area contributed by atoms with Crippen LogP contribution in [0.4, 0.5) is 5.82 Å². The molecule has 0 aliphatic heterocycles. The molecule has 2 N–H and O–H groups in total. The molecule has 100 valence electrons. The molecule has 19 heavy (non-hydrogen) atoms. The minimum atomic E-state index is 0.674. The second-order valence-corrected chi connectivity index (χ2v) is 5.83. The summed E-state index contributed by atoms with van der Waals surface area (Å²) in [6.45, 7) is 1.65. The van der Waals surface area contributed by atoms with E-state index in [9.17, 15) is 0 Å². The largest absolute Gasteiger partial charge is 0.349 e. The first kappa shape index (κ1) is 12.6. The third-order valence-corrected chi connectivity index (χ3v) is 4.19. The van der Waals surface area contributed by atoms with Crippen molar-refractivity contribution < 1.29 is 0 Å². The molecule has 0 unspecified atom stereocenters. The monoisotopic (exact) mass is 273 g/mol. The first-order valence-electron chi connectivity index (χ1n) is 6.79. The van der Waals surface area contributed by atoms with E-state index in [4.69, 9.17) is 5.73 Å². The van der Waals surface area contributed by atoms with Gasteiger partial charge in [-0.05, 0) is 59.8 Å². The molecule has 0 radical (unpaired) electrons. The summed E-state index contributed by atoms with van der Waals surface area (Å²) in [5, 5.41) is 4.36. The molecule has 4 heteroatoms. The minimum Gasteiger partial charge on any atom is -0.349 e. The van der Waals surface area contributed by atoms with Gasteiger partial charge in [-0.2, -0.15) is 11.3 Å². The first-order chi connectivity index (χ1) is 9.36. The highest BCUT2D eigenvalue weighted by atomic mass is 32.1. The van der Waals surface area contributed by atoms with Crippen molar-refractivity contribution in [3.8, 4) is 0 Å². The van der Waals surface area contributed by atoms with Gasteiger partial charge in [-0.25, -0.2) is 4.98 Å². The van der Waals surface area contributed by atoms with Crippen molar-refractivity contribution in [2.75, 3.05) is 11.4 Å². The van der Waals surface area contributed by atoms with Gasteiger partial charge in [0.15, 0.2) is 0 Å². The summed E-state index contributed by atoms with van der Waals surface area (Å²) in [6.07, 6.45) is 5.44. The van der Waals surface area contributed by atoms with Gasteiger partial charge in [0.25, 0.3) is 0 Å². The van der Waals surface area contributed by atoms with Crippen LogP contribution in [0.3, 0.4) is 0 Å². The fraction of sp³-hybridized carbons (Fsp3) is 0.400. The summed E-state index contributed by atoms with van der Waals surface area (Å²) in [6, 6.07) is 7.16. The molecule has 1 saturated carbocycles. The second-order valence-electron chi connectivity index (χ2n) is 5.05. The Hall–Kier alpha value is -1.39. The lowest BCUT2D eigenvalue weighted by atomic mass is 10.2. The first-order valence-corrected chi connectivity index (χ1v) is 7.74. The molecule has 0 amide bonds. The number of thiophene rings is 1. The van der Waals surface area contributed by atoms with Crippen molar-refractivity contribution >= 4 is 17.2 Å². The van der Waals surface area contributed by atoms with Crippen molar-refractivity contribution in [2.45, 2.75) is 31.8 Å². The molecule has 3 rings (SSSR count). The lowest BCUT2D eigenvalue weighted by Gasteiger charge is -2.23. The Bertz CT molecular complexity index is 503. The summed E-state index contributed by atoms with van der Waals surface area (Å²) in [5.74, 6) is 1.09. The number of hydrogen-bond donors (Lipinski definition) is 1. The molecule has 0 aromatic carbocycles. The Kier molecular flexibility index (Phi) is 3.80. The van der Waals surface area contributed by atoms with Gasteiger partial charge in [-0.15, -0.1) is 0 Å².